The van der Waals surface area contributed by atoms with Crippen LogP contribution in [0.5, 0.6) is 11.5 Å². The third kappa shape index (κ3) is 5.20. The highest BCUT2D eigenvalue weighted by Crippen LogP contribution is 2.35. The van der Waals surface area contributed by atoms with Gasteiger partial charge in [-0.15, -0.1) is 0 Å². The van der Waals surface area contributed by atoms with Crippen LogP contribution in [-0.4, -0.2) is 24.1 Å². The fourth-order valence-corrected chi connectivity index (χ4v) is 3.08. The fraction of sp³-hybridized carbons (Fsp3) is 0.273. The van der Waals surface area contributed by atoms with Crippen LogP contribution in [-0.2, 0) is 11.0 Å². The fourth-order valence-electron chi connectivity index (χ4n) is 3.08. The number of nitrogens with zero attached hydrogens (tertiary/aromatic N) is 1. The molecule has 8 heteroatoms. The molecular weight excluding hydrogens is 397 g/mol. The van der Waals surface area contributed by atoms with E-state index in [1.165, 1.54) is 12.1 Å². The summed E-state index contributed by atoms with van der Waals surface area (Å²) in [4.78, 5) is 16.0. The van der Waals surface area contributed by atoms with Crippen LogP contribution in [0.4, 0.5) is 18.9 Å². The molecule has 1 heterocycles. The summed E-state index contributed by atoms with van der Waals surface area (Å²) in [5, 5.41) is 3.02. The number of aryl methyl sites for hydroxylation is 2. The quantitative estimate of drug-likeness (QED) is 0.591. The molecular formula is C22H21F3N2O3. The Bertz CT molecular complexity index is 1060. The summed E-state index contributed by atoms with van der Waals surface area (Å²) in [6.45, 7) is 5.54. The number of carbonyl (C=O) groups excluding carboxylic acids is 1. The number of benzene rings is 2. The van der Waals surface area contributed by atoms with Crippen LogP contribution in [0, 0.1) is 13.8 Å². The van der Waals surface area contributed by atoms with Gasteiger partial charge in [0.15, 0.2) is 6.61 Å². The number of fused-ring (bicyclic) bond motifs is 1. The molecule has 158 valence electrons. The molecule has 0 aliphatic heterocycles. The Hall–Kier alpha value is -3.29. The topological polar surface area (TPSA) is 60.5 Å². The number of carbonyl (C=O) groups is 1. The third-order valence-corrected chi connectivity index (χ3v) is 4.21. The minimum atomic E-state index is -4.65. The molecule has 0 fully saturated rings. The van der Waals surface area contributed by atoms with Crippen LogP contribution in [0.15, 0.2) is 42.5 Å². The summed E-state index contributed by atoms with van der Waals surface area (Å²) >= 11 is 0. The van der Waals surface area contributed by atoms with Gasteiger partial charge < -0.3 is 14.8 Å². The lowest BCUT2D eigenvalue weighted by Crippen LogP contribution is -2.20. The van der Waals surface area contributed by atoms with Crippen molar-refractivity contribution in [3.8, 4) is 11.5 Å². The lowest BCUT2D eigenvalue weighted by atomic mass is 10.1. The number of halogens is 3. The Kier molecular flexibility index (Phi) is 6.14. The number of aromatic nitrogens is 1. The molecule has 0 saturated carbocycles. The van der Waals surface area contributed by atoms with Crippen molar-refractivity contribution in [3.63, 3.8) is 0 Å². The molecule has 1 aromatic heterocycles. The highest BCUT2D eigenvalue weighted by molar-refractivity contribution is 5.93. The first-order chi connectivity index (χ1) is 14.2. The number of hydrogen-bond acceptors (Lipinski definition) is 4. The predicted octanol–water partition coefficient (Wildman–Crippen LogP) is 5.29. The van der Waals surface area contributed by atoms with Gasteiger partial charge in [0, 0.05) is 17.1 Å². The SMILES string of the molecule is CCOc1ccc2nc(C(F)(F)F)cc(OCC(=O)Nc3cc(C)cc(C)c3)c2c1. The normalized spacial score (nSPS) is 11.4. The molecule has 3 aromatic rings. The van der Waals surface area contributed by atoms with E-state index in [4.69, 9.17) is 9.47 Å². The van der Waals surface area contributed by atoms with Gasteiger partial charge in [0.2, 0.25) is 0 Å². The second kappa shape index (κ2) is 8.61. The van der Waals surface area contributed by atoms with Crippen molar-refractivity contribution >= 4 is 22.5 Å². The molecule has 3 rings (SSSR count). The number of rotatable bonds is 6. The van der Waals surface area contributed by atoms with Gasteiger partial charge in [0.25, 0.3) is 5.91 Å². The van der Waals surface area contributed by atoms with Crippen LogP contribution in [0.3, 0.4) is 0 Å². The Balaban J connectivity index is 1.87. The van der Waals surface area contributed by atoms with Crippen molar-refractivity contribution in [2.24, 2.45) is 0 Å². The van der Waals surface area contributed by atoms with E-state index in [0.717, 1.165) is 17.2 Å². The van der Waals surface area contributed by atoms with Crippen LogP contribution < -0.4 is 14.8 Å². The van der Waals surface area contributed by atoms with Crippen LogP contribution in [0.1, 0.15) is 23.7 Å². The molecule has 5 nitrogen and oxygen atoms in total. The van der Waals surface area contributed by atoms with Crippen molar-refractivity contribution in [2.45, 2.75) is 26.9 Å². The van der Waals surface area contributed by atoms with Crippen LogP contribution >= 0.6 is 0 Å². The molecule has 2 aromatic carbocycles. The minimum Gasteiger partial charge on any atom is -0.494 e. The number of pyridine rings is 1. The first-order valence-corrected chi connectivity index (χ1v) is 9.31. The summed E-state index contributed by atoms with van der Waals surface area (Å²) in [7, 11) is 0. The zero-order valence-electron chi connectivity index (χ0n) is 16.8. The maximum atomic E-state index is 13.2. The van der Waals surface area contributed by atoms with Gasteiger partial charge in [-0.05, 0) is 62.2 Å². The second-order valence-electron chi connectivity index (χ2n) is 6.83. The number of hydrogen-bond donors (Lipinski definition) is 1. The second-order valence-corrected chi connectivity index (χ2v) is 6.83. The Morgan fingerprint density at radius 3 is 2.37 bits per heavy atom. The highest BCUT2D eigenvalue weighted by Gasteiger charge is 2.33. The molecule has 0 unspecified atom stereocenters. The summed E-state index contributed by atoms with van der Waals surface area (Å²) in [6, 6.07) is 10.9. The highest BCUT2D eigenvalue weighted by atomic mass is 19.4. The van der Waals surface area contributed by atoms with Crippen molar-refractivity contribution in [1.29, 1.82) is 0 Å². The van der Waals surface area contributed by atoms with E-state index in [1.807, 2.05) is 19.9 Å². The Labute approximate surface area is 171 Å². The Morgan fingerprint density at radius 1 is 1.03 bits per heavy atom. The van der Waals surface area contributed by atoms with Gasteiger partial charge in [-0.1, -0.05) is 6.07 Å². The smallest absolute Gasteiger partial charge is 0.433 e. The first-order valence-electron chi connectivity index (χ1n) is 9.31. The molecule has 0 spiro atoms. The minimum absolute atomic E-state index is 0.0931. The van der Waals surface area contributed by atoms with E-state index < -0.39 is 24.4 Å². The lowest BCUT2D eigenvalue weighted by Gasteiger charge is -2.14. The molecule has 30 heavy (non-hydrogen) atoms. The van der Waals surface area contributed by atoms with Crippen molar-refractivity contribution in [3.05, 3.63) is 59.3 Å². The van der Waals surface area contributed by atoms with Gasteiger partial charge in [-0.25, -0.2) is 4.98 Å². The molecule has 0 aliphatic carbocycles. The molecule has 0 saturated heterocycles. The molecule has 0 radical (unpaired) electrons. The molecule has 0 bridgehead atoms. The largest absolute Gasteiger partial charge is 0.494 e. The summed E-state index contributed by atoms with van der Waals surface area (Å²) in [5.41, 5.74) is 1.55. The van der Waals surface area contributed by atoms with Crippen LogP contribution in [0.2, 0.25) is 0 Å². The van der Waals surface area contributed by atoms with Gasteiger partial charge in [0.1, 0.15) is 17.2 Å². The molecule has 0 atom stereocenters. The van der Waals surface area contributed by atoms with Gasteiger partial charge in [0.05, 0.1) is 12.1 Å². The Morgan fingerprint density at radius 2 is 1.73 bits per heavy atom. The van der Waals surface area contributed by atoms with Gasteiger partial charge >= 0.3 is 6.18 Å². The van der Waals surface area contributed by atoms with E-state index in [0.29, 0.717) is 23.4 Å². The van der Waals surface area contributed by atoms with E-state index in [1.54, 1.807) is 25.1 Å². The lowest BCUT2D eigenvalue weighted by molar-refractivity contribution is -0.141. The number of amides is 1. The third-order valence-electron chi connectivity index (χ3n) is 4.21. The maximum Gasteiger partial charge on any atom is 0.433 e. The van der Waals surface area contributed by atoms with Gasteiger partial charge in [-0.2, -0.15) is 13.2 Å². The number of ether oxygens (including phenoxy) is 2. The standard InChI is InChI=1S/C22H21F3N2O3/c1-4-29-16-5-6-18-17(10-16)19(11-20(27-18)22(23,24)25)30-12-21(28)26-15-8-13(2)7-14(3)9-15/h5-11H,4,12H2,1-3H3,(H,26,28). The average molecular weight is 418 g/mol. The van der Waals surface area contributed by atoms with Crippen molar-refractivity contribution in [1.82, 2.24) is 4.98 Å². The maximum absolute atomic E-state index is 13.2. The van der Waals surface area contributed by atoms with Crippen molar-refractivity contribution in [2.75, 3.05) is 18.5 Å². The summed E-state index contributed by atoms with van der Waals surface area (Å²) in [5.74, 6) is -0.111. The van der Waals surface area contributed by atoms with E-state index in [2.05, 4.69) is 10.3 Å². The van der Waals surface area contributed by atoms with E-state index >= 15 is 0 Å². The van der Waals surface area contributed by atoms with Gasteiger partial charge in [-0.3, -0.25) is 4.79 Å². The zero-order valence-corrected chi connectivity index (χ0v) is 16.8. The van der Waals surface area contributed by atoms with Crippen molar-refractivity contribution < 1.29 is 27.4 Å². The van der Waals surface area contributed by atoms with E-state index in [9.17, 15) is 18.0 Å². The zero-order chi connectivity index (χ0) is 21.9. The molecule has 1 amide bonds. The molecule has 1 N–H and O–H groups in total. The van der Waals surface area contributed by atoms with E-state index in [-0.39, 0.29) is 11.3 Å². The predicted molar refractivity (Wildman–Crippen MR) is 108 cm³/mol. The molecule has 0 aliphatic rings. The number of alkyl halides is 3. The first kappa shape index (κ1) is 21.4. The number of nitrogens with one attached hydrogen (secondary N) is 1. The summed E-state index contributed by atoms with van der Waals surface area (Å²) in [6.07, 6.45) is -4.65. The average Bonchev–Trinajstić information content (AvgIpc) is 2.64. The summed E-state index contributed by atoms with van der Waals surface area (Å²) < 4.78 is 50.6. The van der Waals surface area contributed by atoms with Crippen LogP contribution in [0.25, 0.3) is 10.9 Å². The number of anilines is 1. The monoisotopic (exact) mass is 418 g/mol.